The Balaban J connectivity index is 3.46. The van der Waals surface area contributed by atoms with Gasteiger partial charge in [-0.15, -0.1) is 0 Å². The van der Waals surface area contributed by atoms with Gasteiger partial charge in [0.25, 0.3) is 0 Å². The van der Waals surface area contributed by atoms with Gasteiger partial charge in [-0.1, -0.05) is 85.6 Å². The van der Waals surface area contributed by atoms with Crippen molar-refractivity contribution in [3.05, 3.63) is 0 Å². The van der Waals surface area contributed by atoms with Gasteiger partial charge >= 0.3 is 0 Å². The monoisotopic (exact) mass is 276 g/mol. The van der Waals surface area contributed by atoms with Crippen LogP contribution in [-0.4, -0.2) is 7.38 Å². The minimum Gasteiger partial charge on any atom is -0.167 e. The molecule has 1 atom stereocenters. The van der Waals surface area contributed by atoms with Crippen molar-refractivity contribution < 1.29 is 0 Å². The van der Waals surface area contributed by atoms with Gasteiger partial charge in [0.2, 0.25) is 0 Å². The van der Waals surface area contributed by atoms with Crippen LogP contribution in [0.2, 0.25) is 17.6 Å². The van der Waals surface area contributed by atoms with E-state index in [2.05, 4.69) is 34.2 Å². The van der Waals surface area contributed by atoms with Crippen molar-refractivity contribution in [2.75, 3.05) is 0 Å². The van der Waals surface area contributed by atoms with Gasteiger partial charge in [-0.25, -0.2) is 0 Å². The smallest absolute Gasteiger partial charge is 0.158 e. The van der Waals surface area contributed by atoms with Crippen LogP contribution < -0.4 is 0 Å². The second-order valence-electron chi connectivity index (χ2n) is 6.67. The molecule has 0 rings (SSSR count). The number of rotatable bonds is 9. The van der Waals surface area contributed by atoms with E-state index in [1.165, 1.54) is 57.4 Å². The molecule has 0 aromatic rings. The summed E-state index contributed by atoms with van der Waals surface area (Å²) in [5.74, 6) is 0. The summed E-state index contributed by atoms with van der Waals surface area (Å²) < 4.78 is 0. The molecule has 0 aromatic heterocycles. The summed E-state index contributed by atoms with van der Waals surface area (Å²) in [6, 6.07) is 1.28. The van der Waals surface area contributed by atoms with Crippen LogP contribution in [-0.2, 0) is 0 Å². The van der Waals surface area contributed by atoms with Crippen LogP contribution in [0.1, 0.15) is 79.1 Å². The lowest BCUT2D eigenvalue weighted by atomic mass is 10.1. The summed E-state index contributed by atoms with van der Waals surface area (Å²) in [6.07, 6.45) is 11.2. The molecule has 0 fully saturated rings. The van der Waals surface area contributed by atoms with E-state index in [-0.39, 0.29) is 0 Å². The van der Waals surface area contributed by atoms with E-state index in [4.69, 9.17) is 11.1 Å². The van der Waals surface area contributed by atoms with Crippen molar-refractivity contribution in [3.8, 4) is 0 Å². The van der Waals surface area contributed by atoms with Gasteiger partial charge in [-0.3, -0.25) is 0 Å². The summed E-state index contributed by atoms with van der Waals surface area (Å²) in [5.41, 5.74) is 0. The maximum atomic E-state index is 6.73. The number of halogens is 1. The molecule has 0 nitrogen and oxygen atoms in total. The summed E-state index contributed by atoms with van der Waals surface area (Å²) in [5, 5.41) is 0.343. The largest absolute Gasteiger partial charge is 0.167 e. The lowest BCUT2D eigenvalue weighted by Crippen LogP contribution is -2.34. The Morgan fingerprint density at radius 2 is 1.24 bits per heavy atom. The van der Waals surface area contributed by atoms with Crippen molar-refractivity contribution in [2.45, 2.75) is 96.7 Å². The van der Waals surface area contributed by atoms with Crippen LogP contribution in [0, 0.1) is 0 Å². The van der Waals surface area contributed by atoms with Gasteiger partial charge in [0.05, 0.1) is 0 Å². The second-order valence-corrected chi connectivity index (χ2v) is 13.6. The average Bonchev–Trinajstić information content (AvgIpc) is 2.20. The zero-order valence-corrected chi connectivity index (χ0v) is 14.5. The van der Waals surface area contributed by atoms with Crippen LogP contribution in [0.4, 0.5) is 0 Å². The molecule has 0 aliphatic heterocycles. The van der Waals surface area contributed by atoms with Crippen molar-refractivity contribution in [2.24, 2.45) is 0 Å². The Hall–Kier alpha value is 0.507. The lowest BCUT2D eigenvalue weighted by Gasteiger charge is -2.34. The van der Waals surface area contributed by atoms with E-state index in [0.29, 0.717) is 5.04 Å². The molecule has 0 N–H and O–H groups in total. The zero-order chi connectivity index (χ0) is 13.4. The molecular weight excluding hydrogens is 244 g/mol. The highest BCUT2D eigenvalue weighted by Crippen LogP contribution is 2.42. The van der Waals surface area contributed by atoms with Gasteiger partial charge in [0, 0.05) is 0 Å². The summed E-state index contributed by atoms with van der Waals surface area (Å²) in [4.78, 5) is 0. The molecular formula is C15H33ClSi. The quantitative estimate of drug-likeness (QED) is 0.248. The first-order chi connectivity index (χ1) is 7.81. The Bertz CT molecular complexity index is 182. The predicted octanol–water partition coefficient (Wildman–Crippen LogP) is 6.74. The molecule has 2 heteroatoms. The lowest BCUT2D eigenvalue weighted by molar-refractivity contribution is 0.582. The van der Waals surface area contributed by atoms with E-state index in [9.17, 15) is 0 Å². The van der Waals surface area contributed by atoms with Crippen molar-refractivity contribution >= 4 is 18.5 Å². The Morgan fingerprint density at radius 3 is 1.65 bits per heavy atom. The molecule has 0 aliphatic carbocycles. The number of hydrogen-bond acceptors (Lipinski definition) is 0. The third-order valence-electron chi connectivity index (χ3n) is 4.06. The second kappa shape index (κ2) is 8.58. The third kappa shape index (κ3) is 8.26. The van der Waals surface area contributed by atoms with Gasteiger partial charge in [-0.05, 0) is 11.1 Å². The van der Waals surface area contributed by atoms with Crippen molar-refractivity contribution in [1.82, 2.24) is 0 Å². The zero-order valence-electron chi connectivity index (χ0n) is 12.7. The van der Waals surface area contributed by atoms with Crippen LogP contribution in [0.25, 0.3) is 0 Å². The van der Waals surface area contributed by atoms with E-state index in [1.807, 2.05) is 0 Å². The van der Waals surface area contributed by atoms with Crippen LogP contribution in [0.5, 0.6) is 0 Å². The fourth-order valence-corrected chi connectivity index (χ4v) is 4.03. The average molecular weight is 277 g/mol. The molecule has 1 unspecified atom stereocenters. The summed E-state index contributed by atoms with van der Waals surface area (Å²) >= 11 is 6.73. The van der Waals surface area contributed by atoms with Gasteiger partial charge in [0.1, 0.15) is 0 Å². The predicted molar refractivity (Wildman–Crippen MR) is 84.6 cm³/mol. The Morgan fingerprint density at radius 1 is 0.824 bits per heavy atom. The molecule has 0 aromatic carbocycles. The summed E-state index contributed by atoms with van der Waals surface area (Å²) in [6.45, 7) is 11.5. The van der Waals surface area contributed by atoms with Crippen LogP contribution in [0.15, 0.2) is 0 Å². The van der Waals surface area contributed by atoms with Gasteiger partial charge in [-0.2, -0.15) is 11.1 Å². The van der Waals surface area contributed by atoms with E-state index in [1.54, 1.807) is 0 Å². The van der Waals surface area contributed by atoms with Crippen molar-refractivity contribution in [1.29, 1.82) is 0 Å². The molecule has 104 valence electrons. The Labute approximate surface area is 115 Å². The summed E-state index contributed by atoms with van der Waals surface area (Å²) in [7, 11) is -1.51. The molecule has 0 saturated heterocycles. The minimum atomic E-state index is -1.51. The molecule has 0 radical (unpaired) electrons. The molecule has 0 spiro atoms. The first-order valence-electron chi connectivity index (χ1n) is 7.50. The molecule has 0 aliphatic rings. The van der Waals surface area contributed by atoms with Gasteiger partial charge < -0.3 is 0 Å². The molecule has 0 amide bonds. The maximum absolute atomic E-state index is 6.73. The standard InChI is InChI=1S/C15H33ClSi/c1-6-7-8-9-10-11-12-13-14-17(5,16)15(2,3)4/h6-14H2,1-5H3. The maximum Gasteiger partial charge on any atom is 0.158 e. The van der Waals surface area contributed by atoms with Gasteiger partial charge in [0.15, 0.2) is 7.38 Å². The van der Waals surface area contributed by atoms with Crippen LogP contribution >= 0.6 is 11.1 Å². The first kappa shape index (κ1) is 17.5. The van der Waals surface area contributed by atoms with Crippen LogP contribution in [0.3, 0.4) is 0 Å². The highest BCUT2D eigenvalue weighted by Gasteiger charge is 2.37. The minimum absolute atomic E-state index is 0.343. The van der Waals surface area contributed by atoms with E-state index in [0.717, 1.165) is 0 Å². The number of unbranched alkanes of at least 4 members (excludes halogenated alkanes) is 7. The van der Waals surface area contributed by atoms with E-state index >= 15 is 0 Å². The third-order valence-corrected chi connectivity index (χ3v) is 10.8. The Kier molecular flexibility index (Phi) is 8.84. The topological polar surface area (TPSA) is 0 Å². The highest BCUT2D eigenvalue weighted by atomic mass is 35.6. The van der Waals surface area contributed by atoms with Crippen molar-refractivity contribution in [3.63, 3.8) is 0 Å². The highest BCUT2D eigenvalue weighted by molar-refractivity contribution is 7.21. The SMILES string of the molecule is CCCCCCCCCC[Si](C)(Cl)C(C)(C)C. The normalized spacial score (nSPS) is 15.9. The molecule has 0 saturated carbocycles. The molecule has 0 heterocycles. The van der Waals surface area contributed by atoms with E-state index < -0.39 is 7.38 Å². The number of hydrogen-bond donors (Lipinski definition) is 0. The molecule has 0 bridgehead atoms. The first-order valence-corrected chi connectivity index (χ1v) is 11.2. The fraction of sp³-hybridized carbons (Fsp3) is 1.00. The fourth-order valence-electron chi connectivity index (χ4n) is 1.97. The molecule has 17 heavy (non-hydrogen) atoms.